The summed E-state index contributed by atoms with van der Waals surface area (Å²) < 4.78 is 5.41. The van der Waals surface area contributed by atoms with Crippen LogP contribution in [0, 0.1) is 0 Å². The third kappa shape index (κ3) is 1.68. The molecule has 21 heavy (non-hydrogen) atoms. The van der Waals surface area contributed by atoms with Gasteiger partial charge in [0.25, 0.3) is 0 Å². The van der Waals surface area contributed by atoms with Crippen LogP contribution in [-0.4, -0.2) is 5.78 Å². The Bertz CT molecular complexity index is 963. The minimum absolute atomic E-state index is 0.0686. The van der Waals surface area contributed by atoms with Crippen LogP contribution in [0.2, 0.25) is 0 Å². The molecule has 100 valence electrons. The van der Waals surface area contributed by atoms with Gasteiger partial charge in [0, 0.05) is 16.5 Å². The first-order valence-electron chi connectivity index (χ1n) is 6.63. The predicted octanol–water partition coefficient (Wildman–Crippen LogP) is 3.67. The van der Waals surface area contributed by atoms with Crippen molar-refractivity contribution in [1.29, 1.82) is 0 Å². The molecule has 0 N–H and O–H groups in total. The van der Waals surface area contributed by atoms with Gasteiger partial charge in [0.1, 0.15) is 5.58 Å². The maximum atomic E-state index is 12.3. The van der Waals surface area contributed by atoms with E-state index in [9.17, 15) is 9.59 Å². The van der Waals surface area contributed by atoms with Crippen LogP contribution >= 0.6 is 0 Å². The molecular weight excluding hydrogens is 264 g/mol. The van der Waals surface area contributed by atoms with Crippen molar-refractivity contribution in [2.45, 2.75) is 0 Å². The number of carbonyl (C=O) groups is 1. The van der Waals surface area contributed by atoms with E-state index in [0.717, 1.165) is 11.1 Å². The first-order valence-corrected chi connectivity index (χ1v) is 6.63. The molecule has 0 spiro atoms. The monoisotopic (exact) mass is 274 g/mol. The summed E-state index contributed by atoms with van der Waals surface area (Å²) in [6, 6.07) is 14.6. The Balaban J connectivity index is 2.20. The standard InChI is InChI=1S/C18H10O3/c19-14-10-9-13-16(11-5-2-1-3-6-11)18(20)21-15-8-4-7-12(14)17(13)15/h1-10H. The summed E-state index contributed by atoms with van der Waals surface area (Å²) in [7, 11) is 0. The van der Waals surface area contributed by atoms with Crippen LogP contribution in [0.3, 0.4) is 0 Å². The highest BCUT2D eigenvalue weighted by Gasteiger charge is 2.21. The van der Waals surface area contributed by atoms with Crippen LogP contribution < -0.4 is 5.63 Å². The lowest BCUT2D eigenvalue weighted by Crippen LogP contribution is -2.10. The van der Waals surface area contributed by atoms with Gasteiger partial charge >= 0.3 is 5.63 Å². The molecule has 4 rings (SSSR count). The largest absolute Gasteiger partial charge is 0.422 e. The van der Waals surface area contributed by atoms with E-state index in [2.05, 4.69) is 0 Å². The van der Waals surface area contributed by atoms with Crippen LogP contribution in [-0.2, 0) is 0 Å². The average molecular weight is 274 g/mol. The van der Waals surface area contributed by atoms with Gasteiger partial charge in [-0.15, -0.1) is 0 Å². The van der Waals surface area contributed by atoms with Crippen molar-refractivity contribution in [2.24, 2.45) is 0 Å². The molecule has 3 aromatic rings. The first kappa shape index (κ1) is 11.9. The van der Waals surface area contributed by atoms with E-state index in [-0.39, 0.29) is 11.4 Å². The summed E-state index contributed by atoms with van der Waals surface area (Å²) in [6.07, 6.45) is 3.21. The number of rotatable bonds is 1. The van der Waals surface area contributed by atoms with Gasteiger partial charge in [0.05, 0.1) is 5.56 Å². The third-order valence-electron chi connectivity index (χ3n) is 3.70. The molecule has 0 aliphatic heterocycles. The number of allylic oxidation sites excluding steroid dienone is 1. The summed E-state index contributed by atoms with van der Waals surface area (Å²) in [5, 5.41) is 0.712. The Kier molecular flexibility index (Phi) is 2.42. The highest BCUT2D eigenvalue weighted by Crippen LogP contribution is 2.33. The molecule has 0 saturated carbocycles. The number of hydrogen-bond acceptors (Lipinski definition) is 3. The molecule has 0 atom stereocenters. The van der Waals surface area contributed by atoms with Crippen molar-refractivity contribution in [3.63, 3.8) is 0 Å². The first-order chi connectivity index (χ1) is 10.3. The zero-order valence-corrected chi connectivity index (χ0v) is 11.0. The molecule has 1 aliphatic rings. The Hall–Kier alpha value is -2.94. The van der Waals surface area contributed by atoms with Gasteiger partial charge in [-0.2, -0.15) is 0 Å². The maximum Gasteiger partial charge on any atom is 0.344 e. The van der Waals surface area contributed by atoms with Gasteiger partial charge in [-0.05, 0) is 23.8 Å². The topological polar surface area (TPSA) is 47.3 Å². The lowest BCUT2D eigenvalue weighted by molar-refractivity contribution is 0.104. The molecule has 0 radical (unpaired) electrons. The smallest absolute Gasteiger partial charge is 0.344 e. The van der Waals surface area contributed by atoms with Crippen molar-refractivity contribution in [3.8, 4) is 11.1 Å². The molecule has 0 saturated heterocycles. The Morgan fingerprint density at radius 3 is 2.43 bits per heavy atom. The Labute approximate surface area is 120 Å². The van der Waals surface area contributed by atoms with Crippen LogP contribution in [0.1, 0.15) is 15.9 Å². The zero-order valence-electron chi connectivity index (χ0n) is 11.0. The highest BCUT2D eigenvalue weighted by atomic mass is 16.4. The van der Waals surface area contributed by atoms with Crippen LogP contribution in [0.15, 0.2) is 63.8 Å². The fraction of sp³-hybridized carbons (Fsp3) is 0. The SMILES string of the molecule is O=C1C=Cc2c(-c3ccccc3)c(=O)oc3cccc1c23. The van der Waals surface area contributed by atoms with Gasteiger partial charge in [-0.25, -0.2) is 4.79 Å². The predicted molar refractivity (Wildman–Crippen MR) is 81.3 cm³/mol. The average Bonchev–Trinajstić information content (AvgIpc) is 2.51. The van der Waals surface area contributed by atoms with Gasteiger partial charge in [0.15, 0.2) is 5.78 Å². The lowest BCUT2D eigenvalue weighted by Gasteiger charge is -2.14. The van der Waals surface area contributed by atoms with Crippen LogP contribution in [0.4, 0.5) is 0 Å². The van der Waals surface area contributed by atoms with E-state index in [1.54, 1.807) is 24.3 Å². The second-order valence-corrected chi connectivity index (χ2v) is 4.92. The fourth-order valence-electron chi connectivity index (χ4n) is 2.78. The van der Waals surface area contributed by atoms with Crippen LogP contribution in [0.5, 0.6) is 0 Å². The summed E-state index contributed by atoms with van der Waals surface area (Å²) >= 11 is 0. The van der Waals surface area contributed by atoms with Crippen molar-refractivity contribution in [3.05, 3.63) is 76.2 Å². The Morgan fingerprint density at radius 2 is 1.62 bits per heavy atom. The normalized spacial score (nSPS) is 12.9. The van der Waals surface area contributed by atoms with E-state index >= 15 is 0 Å². The van der Waals surface area contributed by atoms with Crippen LogP contribution in [0.25, 0.3) is 28.2 Å². The molecule has 3 nitrogen and oxygen atoms in total. The summed E-state index contributed by atoms with van der Waals surface area (Å²) in [6.45, 7) is 0. The quantitative estimate of drug-likeness (QED) is 0.636. The summed E-state index contributed by atoms with van der Waals surface area (Å²) in [5.41, 5.74) is 2.68. The van der Waals surface area contributed by atoms with Crippen molar-refractivity contribution >= 4 is 22.8 Å². The minimum Gasteiger partial charge on any atom is -0.422 e. The molecule has 0 amide bonds. The van der Waals surface area contributed by atoms with Crippen molar-refractivity contribution in [1.82, 2.24) is 0 Å². The van der Waals surface area contributed by atoms with E-state index in [0.29, 0.717) is 22.1 Å². The summed E-state index contributed by atoms with van der Waals surface area (Å²) in [5.74, 6) is -0.0686. The maximum absolute atomic E-state index is 12.3. The molecule has 1 aliphatic carbocycles. The second-order valence-electron chi connectivity index (χ2n) is 4.92. The highest BCUT2D eigenvalue weighted by molar-refractivity contribution is 6.20. The van der Waals surface area contributed by atoms with E-state index in [1.165, 1.54) is 6.08 Å². The second kappa shape index (κ2) is 4.28. The molecule has 2 aromatic carbocycles. The summed E-state index contributed by atoms with van der Waals surface area (Å²) in [4.78, 5) is 24.3. The molecule has 1 heterocycles. The molecule has 0 unspecified atom stereocenters. The molecule has 0 bridgehead atoms. The fourth-order valence-corrected chi connectivity index (χ4v) is 2.78. The van der Waals surface area contributed by atoms with E-state index in [4.69, 9.17) is 4.42 Å². The lowest BCUT2D eigenvalue weighted by atomic mass is 9.90. The Morgan fingerprint density at radius 1 is 0.810 bits per heavy atom. The number of carbonyl (C=O) groups excluding carboxylic acids is 1. The third-order valence-corrected chi connectivity index (χ3v) is 3.70. The van der Waals surface area contributed by atoms with E-state index in [1.807, 2.05) is 30.3 Å². The number of hydrogen-bond donors (Lipinski definition) is 0. The van der Waals surface area contributed by atoms with Gasteiger partial charge in [-0.1, -0.05) is 42.5 Å². The molecular formula is C18H10O3. The van der Waals surface area contributed by atoms with E-state index < -0.39 is 0 Å². The van der Waals surface area contributed by atoms with Gasteiger partial charge in [0.2, 0.25) is 0 Å². The number of ketones is 1. The van der Waals surface area contributed by atoms with Gasteiger partial charge < -0.3 is 4.42 Å². The van der Waals surface area contributed by atoms with Crippen molar-refractivity contribution in [2.75, 3.05) is 0 Å². The molecule has 3 heteroatoms. The zero-order chi connectivity index (χ0) is 14.4. The van der Waals surface area contributed by atoms with Crippen molar-refractivity contribution < 1.29 is 9.21 Å². The molecule has 0 fully saturated rings. The number of benzene rings is 2. The van der Waals surface area contributed by atoms with Gasteiger partial charge in [-0.3, -0.25) is 4.79 Å². The minimum atomic E-state index is -0.389. The molecule has 1 aromatic heterocycles.